The van der Waals surface area contributed by atoms with Crippen molar-refractivity contribution in [1.82, 2.24) is 9.80 Å². The molecular weight excluding hydrogens is 508 g/mol. The van der Waals surface area contributed by atoms with Crippen LogP contribution in [0.3, 0.4) is 0 Å². The smallest absolute Gasteiger partial charge is 0.410 e. The Morgan fingerprint density at radius 2 is 1.52 bits per heavy atom. The normalized spacial score (nSPS) is 21.5. The van der Waals surface area contributed by atoms with E-state index in [1.165, 1.54) is 11.1 Å². The molecule has 2 bridgehead atoms. The number of nitrogens with zero attached hydrogens (tertiary/aromatic N) is 2. The standard InChI is InChI=1S/C32H40N2O6/c1-32(2,3)40-31(38)34-22-14-15-23(34)18-21(17-22)19-33(16-8-13-29(35)36)30(37)39-20-28-26-11-6-4-9-24(26)25-10-5-7-12-27(25)28/h4-7,9-12,21-23,28H,8,13-20H2,1-3H3,(H,35,36). The molecule has 2 unspecified atom stereocenters. The molecule has 2 aromatic carbocycles. The predicted molar refractivity (Wildman–Crippen MR) is 151 cm³/mol. The van der Waals surface area contributed by atoms with Gasteiger partial charge in [0.15, 0.2) is 0 Å². The lowest BCUT2D eigenvalue weighted by Gasteiger charge is -2.40. The molecule has 0 aromatic heterocycles. The number of carbonyl (C=O) groups excluding carboxylic acids is 2. The Morgan fingerprint density at radius 1 is 0.950 bits per heavy atom. The first-order valence-electron chi connectivity index (χ1n) is 14.4. The van der Waals surface area contributed by atoms with E-state index in [-0.39, 0.29) is 43.0 Å². The third-order valence-corrected chi connectivity index (χ3v) is 8.33. The van der Waals surface area contributed by atoms with Crippen molar-refractivity contribution in [3.63, 3.8) is 0 Å². The van der Waals surface area contributed by atoms with Crippen LogP contribution in [0, 0.1) is 5.92 Å². The van der Waals surface area contributed by atoms with Gasteiger partial charge in [0.2, 0.25) is 0 Å². The third-order valence-electron chi connectivity index (χ3n) is 8.33. The SMILES string of the molecule is CC(C)(C)OC(=O)N1C2CCC1CC(CN(CCCC(=O)O)C(=O)OCC1c3ccccc3-c3ccccc31)C2. The van der Waals surface area contributed by atoms with E-state index in [1.807, 2.05) is 49.9 Å². The minimum Gasteiger partial charge on any atom is -0.481 e. The van der Waals surface area contributed by atoms with E-state index in [2.05, 4.69) is 24.3 Å². The van der Waals surface area contributed by atoms with Crippen LogP contribution in [0.25, 0.3) is 11.1 Å². The minimum atomic E-state index is -0.879. The molecule has 0 saturated carbocycles. The Balaban J connectivity index is 1.24. The van der Waals surface area contributed by atoms with Gasteiger partial charge in [-0.2, -0.15) is 0 Å². The predicted octanol–water partition coefficient (Wildman–Crippen LogP) is 6.28. The fourth-order valence-electron chi connectivity index (χ4n) is 6.73. The number of carboxylic acids is 1. The van der Waals surface area contributed by atoms with E-state index in [1.54, 1.807) is 4.90 Å². The summed E-state index contributed by atoms with van der Waals surface area (Å²) in [5, 5.41) is 9.17. The summed E-state index contributed by atoms with van der Waals surface area (Å²) >= 11 is 0. The highest BCUT2D eigenvalue weighted by molar-refractivity contribution is 5.79. The molecule has 2 atom stereocenters. The summed E-state index contributed by atoms with van der Waals surface area (Å²) in [6, 6.07) is 16.7. The average molecular weight is 549 g/mol. The number of hydrogen-bond donors (Lipinski definition) is 1. The first-order valence-corrected chi connectivity index (χ1v) is 14.4. The topological polar surface area (TPSA) is 96.4 Å². The van der Waals surface area contributed by atoms with Crippen molar-refractivity contribution in [2.24, 2.45) is 5.92 Å². The van der Waals surface area contributed by atoms with Gasteiger partial charge in [0.1, 0.15) is 12.2 Å². The van der Waals surface area contributed by atoms with Crippen molar-refractivity contribution in [3.05, 3.63) is 59.7 Å². The molecule has 0 spiro atoms. The van der Waals surface area contributed by atoms with E-state index >= 15 is 0 Å². The molecule has 8 nitrogen and oxygen atoms in total. The molecule has 2 aromatic rings. The third kappa shape index (κ3) is 6.11. The molecule has 2 amide bonds. The molecule has 1 N–H and O–H groups in total. The molecule has 5 rings (SSSR count). The minimum absolute atomic E-state index is 0.00447. The molecule has 2 aliphatic heterocycles. The molecule has 1 aliphatic carbocycles. The fraction of sp³-hybridized carbons (Fsp3) is 0.531. The number of aliphatic carboxylic acids is 1. The van der Waals surface area contributed by atoms with E-state index in [0.717, 1.165) is 36.8 Å². The summed E-state index contributed by atoms with van der Waals surface area (Å²) in [6.45, 7) is 6.68. The summed E-state index contributed by atoms with van der Waals surface area (Å²) < 4.78 is 11.6. The second-order valence-electron chi connectivity index (χ2n) is 12.4. The number of fused-ring (bicyclic) bond motifs is 5. The van der Waals surface area contributed by atoms with Gasteiger partial charge in [-0.15, -0.1) is 0 Å². The molecule has 214 valence electrons. The van der Waals surface area contributed by atoms with Crippen LogP contribution in [0.5, 0.6) is 0 Å². The van der Waals surface area contributed by atoms with E-state index in [9.17, 15) is 19.5 Å². The molecule has 40 heavy (non-hydrogen) atoms. The van der Waals surface area contributed by atoms with Crippen molar-refractivity contribution in [3.8, 4) is 11.1 Å². The van der Waals surface area contributed by atoms with Crippen LogP contribution in [0.2, 0.25) is 0 Å². The number of carbonyl (C=O) groups is 3. The largest absolute Gasteiger partial charge is 0.481 e. The van der Waals surface area contributed by atoms with Gasteiger partial charge in [-0.25, -0.2) is 9.59 Å². The number of hydrogen-bond acceptors (Lipinski definition) is 5. The van der Waals surface area contributed by atoms with Crippen molar-refractivity contribution < 1.29 is 29.0 Å². The maximum absolute atomic E-state index is 13.5. The Hall–Kier alpha value is -3.55. The molecule has 2 fully saturated rings. The van der Waals surface area contributed by atoms with Crippen molar-refractivity contribution in [2.45, 2.75) is 82.9 Å². The quantitative estimate of drug-likeness (QED) is 0.417. The highest BCUT2D eigenvalue weighted by Crippen LogP contribution is 2.45. The van der Waals surface area contributed by atoms with E-state index < -0.39 is 17.7 Å². The number of rotatable bonds is 8. The number of benzene rings is 2. The maximum Gasteiger partial charge on any atom is 0.410 e. The van der Waals surface area contributed by atoms with Crippen molar-refractivity contribution in [2.75, 3.05) is 19.7 Å². The van der Waals surface area contributed by atoms with Crippen LogP contribution in [0.4, 0.5) is 9.59 Å². The zero-order chi connectivity index (χ0) is 28.4. The van der Waals surface area contributed by atoms with Gasteiger partial charge in [-0.05, 0) is 81.0 Å². The van der Waals surface area contributed by atoms with Gasteiger partial charge in [-0.3, -0.25) is 4.79 Å². The van der Waals surface area contributed by atoms with Gasteiger partial charge in [0, 0.05) is 37.5 Å². The van der Waals surface area contributed by atoms with Crippen molar-refractivity contribution >= 4 is 18.2 Å². The van der Waals surface area contributed by atoms with E-state index in [0.29, 0.717) is 19.5 Å². The van der Waals surface area contributed by atoms with Crippen LogP contribution in [0.1, 0.15) is 76.3 Å². The van der Waals surface area contributed by atoms with E-state index in [4.69, 9.17) is 9.47 Å². The van der Waals surface area contributed by atoms with Gasteiger partial charge in [0.05, 0.1) is 0 Å². The van der Waals surface area contributed by atoms with Crippen molar-refractivity contribution in [1.29, 1.82) is 0 Å². The summed E-state index contributed by atoms with van der Waals surface area (Å²) in [6.07, 6.45) is 3.15. The number of carboxylic acid groups (broad SMARTS) is 1. The molecule has 8 heteroatoms. The number of ether oxygens (including phenoxy) is 2. The Bertz CT molecular complexity index is 1190. The Kier molecular flexibility index (Phi) is 8.06. The molecule has 3 aliphatic rings. The summed E-state index contributed by atoms with van der Waals surface area (Å²) in [5.41, 5.74) is 4.10. The fourth-order valence-corrected chi connectivity index (χ4v) is 6.73. The number of amides is 2. The number of piperidine rings is 1. The lowest BCUT2D eigenvalue weighted by Crippen LogP contribution is -2.50. The van der Waals surface area contributed by atoms with Gasteiger partial charge in [-0.1, -0.05) is 48.5 Å². The van der Waals surface area contributed by atoms with Gasteiger partial charge >= 0.3 is 18.2 Å². The second-order valence-corrected chi connectivity index (χ2v) is 12.4. The van der Waals surface area contributed by atoms with Crippen LogP contribution in [-0.2, 0) is 14.3 Å². The second kappa shape index (κ2) is 11.5. The highest BCUT2D eigenvalue weighted by Gasteiger charge is 2.45. The van der Waals surface area contributed by atoms with Gasteiger partial charge < -0.3 is 24.4 Å². The van der Waals surface area contributed by atoms with Crippen LogP contribution >= 0.6 is 0 Å². The molecule has 2 heterocycles. The van der Waals surface area contributed by atoms with Gasteiger partial charge in [0.25, 0.3) is 0 Å². The Morgan fingerprint density at radius 3 is 2.08 bits per heavy atom. The first-order chi connectivity index (χ1) is 19.1. The summed E-state index contributed by atoms with van der Waals surface area (Å²) in [7, 11) is 0. The highest BCUT2D eigenvalue weighted by atomic mass is 16.6. The van der Waals surface area contributed by atoms with Crippen LogP contribution in [-0.4, -0.2) is 70.4 Å². The Labute approximate surface area is 236 Å². The monoisotopic (exact) mass is 548 g/mol. The van der Waals surface area contributed by atoms with Crippen LogP contribution < -0.4 is 0 Å². The molecule has 0 radical (unpaired) electrons. The maximum atomic E-state index is 13.5. The lowest BCUT2D eigenvalue weighted by atomic mass is 9.90. The molecular formula is C32H40N2O6. The van der Waals surface area contributed by atoms with Crippen LogP contribution in [0.15, 0.2) is 48.5 Å². The summed E-state index contributed by atoms with van der Waals surface area (Å²) in [5.74, 6) is -0.706. The molecule has 2 saturated heterocycles. The zero-order valence-electron chi connectivity index (χ0n) is 23.7. The zero-order valence-corrected chi connectivity index (χ0v) is 23.7. The summed E-state index contributed by atoms with van der Waals surface area (Å²) in [4.78, 5) is 41.1. The first kappa shape index (κ1) is 28.0. The lowest BCUT2D eigenvalue weighted by molar-refractivity contribution is -0.137. The average Bonchev–Trinajstić information content (AvgIpc) is 3.36.